The zero-order valence-electron chi connectivity index (χ0n) is 17.4. The summed E-state index contributed by atoms with van der Waals surface area (Å²) in [6.07, 6.45) is 0.743. The number of nitrogens with one attached hydrogen (secondary N) is 2. The molecule has 3 N–H and O–H groups in total. The summed E-state index contributed by atoms with van der Waals surface area (Å²) in [4.78, 5) is 39.4. The van der Waals surface area contributed by atoms with Crippen LogP contribution in [0.5, 0.6) is 0 Å². The maximum Gasteiger partial charge on any atom is 0.413 e. The van der Waals surface area contributed by atoms with Crippen LogP contribution in [0.1, 0.15) is 26.7 Å². The number of carbonyl (C=O) groups excluding carboxylic acids is 2. The van der Waals surface area contributed by atoms with Gasteiger partial charge in [-0.2, -0.15) is 0 Å². The molecular weight excluding hydrogens is 462 g/mol. The van der Waals surface area contributed by atoms with Crippen LogP contribution in [0.3, 0.4) is 0 Å². The molecular formula is C23H21N3O5S2. The molecule has 170 valence electrons. The van der Waals surface area contributed by atoms with Crippen molar-refractivity contribution in [2.45, 2.75) is 5.92 Å². The molecule has 0 saturated heterocycles. The smallest absolute Gasteiger partial charge is 0.413 e. The highest BCUT2D eigenvalue weighted by Crippen LogP contribution is 2.44. The first-order valence-electron chi connectivity index (χ1n) is 10.2. The lowest BCUT2D eigenvalue weighted by Crippen LogP contribution is -2.25. The number of hydrogen-bond acceptors (Lipinski definition) is 7. The minimum absolute atomic E-state index is 0.00929. The Kier molecular flexibility index (Phi) is 7.26. The van der Waals surface area contributed by atoms with Gasteiger partial charge < -0.3 is 15.2 Å². The third-order valence-corrected chi connectivity index (χ3v) is 6.90. The van der Waals surface area contributed by atoms with Gasteiger partial charge in [-0.25, -0.2) is 9.78 Å². The lowest BCUT2D eigenvalue weighted by atomic mass is 9.98. The molecule has 0 aliphatic heterocycles. The van der Waals surface area contributed by atoms with E-state index in [-0.39, 0.29) is 29.3 Å². The highest BCUT2D eigenvalue weighted by atomic mass is 32.2. The Labute approximate surface area is 198 Å². The number of aromatic nitrogens is 1. The molecule has 0 radical (unpaired) electrons. The fourth-order valence-electron chi connectivity index (χ4n) is 3.64. The number of benzene rings is 2. The van der Waals surface area contributed by atoms with Crippen molar-refractivity contribution in [3.8, 4) is 11.1 Å². The molecule has 0 spiro atoms. The van der Waals surface area contributed by atoms with E-state index in [9.17, 15) is 14.4 Å². The molecule has 1 aliphatic carbocycles. The second-order valence-electron chi connectivity index (χ2n) is 7.18. The monoisotopic (exact) mass is 483 g/mol. The number of amides is 2. The van der Waals surface area contributed by atoms with E-state index in [0.717, 1.165) is 33.6 Å². The summed E-state index contributed by atoms with van der Waals surface area (Å²) in [5, 5.41) is 14.1. The van der Waals surface area contributed by atoms with E-state index in [4.69, 9.17) is 9.84 Å². The number of nitrogens with zero attached hydrogens (tertiary/aromatic N) is 1. The van der Waals surface area contributed by atoms with Gasteiger partial charge in [0.25, 0.3) is 5.91 Å². The van der Waals surface area contributed by atoms with Gasteiger partial charge in [0.1, 0.15) is 11.5 Å². The molecule has 2 aromatic carbocycles. The highest BCUT2D eigenvalue weighted by Gasteiger charge is 2.29. The molecule has 3 aromatic rings. The van der Waals surface area contributed by atoms with Crippen molar-refractivity contribution in [3.63, 3.8) is 0 Å². The fourth-order valence-corrected chi connectivity index (χ4v) is 4.93. The van der Waals surface area contributed by atoms with Gasteiger partial charge in [0.2, 0.25) is 0 Å². The molecule has 8 nitrogen and oxygen atoms in total. The Hall–Kier alpha value is -3.37. The van der Waals surface area contributed by atoms with Crippen LogP contribution in [0, 0.1) is 0 Å². The normalized spacial score (nSPS) is 12.0. The standard InChI is InChI=1S/C23H21N3O5S2/c27-20(28)13-32-10-9-24-21(29)19-11-25-22(33-19)26-23(30)31-12-18-16-7-3-1-5-14(16)15-6-2-4-8-17(15)18/h1-8,11,18H,9-10,12-13H2,(H,24,29)(H,27,28)(H,25,26,30). The first-order valence-corrected chi connectivity index (χ1v) is 12.2. The van der Waals surface area contributed by atoms with Crippen LogP contribution in [-0.4, -0.2) is 52.7 Å². The molecule has 1 heterocycles. The van der Waals surface area contributed by atoms with Crippen molar-refractivity contribution < 1.29 is 24.2 Å². The summed E-state index contributed by atoms with van der Waals surface area (Å²) in [5.41, 5.74) is 4.56. The average Bonchev–Trinajstić information content (AvgIpc) is 3.40. The first-order chi connectivity index (χ1) is 16.0. The number of thiazole rings is 1. The van der Waals surface area contributed by atoms with E-state index in [1.165, 1.54) is 18.0 Å². The number of aliphatic carboxylic acids is 1. The Balaban J connectivity index is 1.28. The van der Waals surface area contributed by atoms with Gasteiger partial charge in [0.05, 0.1) is 11.9 Å². The van der Waals surface area contributed by atoms with E-state index in [0.29, 0.717) is 17.2 Å². The molecule has 0 unspecified atom stereocenters. The summed E-state index contributed by atoms with van der Waals surface area (Å²) in [6.45, 7) is 0.524. The Morgan fingerprint density at radius 2 is 1.73 bits per heavy atom. The lowest BCUT2D eigenvalue weighted by molar-refractivity contribution is -0.133. The van der Waals surface area contributed by atoms with Crippen LogP contribution in [0.15, 0.2) is 54.7 Å². The van der Waals surface area contributed by atoms with Gasteiger partial charge >= 0.3 is 12.1 Å². The van der Waals surface area contributed by atoms with Crippen molar-refractivity contribution >= 4 is 46.2 Å². The van der Waals surface area contributed by atoms with Gasteiger partial charge in [-0.3, -0.25) is 14.9 Å². The SMILES string of the molecule is O=C(O)CSCCNC(=O)c1cnc(NC(=O)OCC2c3ccccc3-c3ccccc32)s1. The molecule has 2 amide bonds. The maximum absolute atomic E-state index is 12.4. The number of carboxylic acid groups (broad SMARTS) is 1. The second kappa shape index (κ2) is 10.5. The highest BCUT2D eigenvalue weighted by molar-refractivity contribution is 7.99. The van der Waals surface area contributed by atoms with Gasteiger partial charge in [-0.05, 0) is 22.3 Å². The van der Waals surface area contributed by atoms with Crippen LogP contribution in [-0.2, 0) is 9.53 Å². The summed E-state index contributed by atoms with van der Waals surface area (Å²) in [7, 11) is 0. The second-order valence-corrected chi connectivity index (χ2v) is 9.32. The van der Waals surface area contributed by atoms with E-state index < -0.39 is 12.1 Å². The van der Waals surface area contributed by atoms with Gasteiger partial charge in [-0.15, -0.1) is 11.8 Å². The average molecular weight is 484 g/mol. The minimum Gasteiger partial charge on any atom is -0.481 e. The third kappa shape index (κ3) is 5.52. The Morgan fingerprint density at radius 1 is 1.06 bits per heavy atom. The predicted octanol–water partition coefficient (Wildman–Crippen LogP) is 4.05. The minimum atomic E-state index is -0.891. The van der Waals surface area contributed by atoms with Crippen molar-refractivity contribution in [2.75, 3.05) is 30.0 Å². The Morgan fingerprint density at radius 3 is 2.39 bits per heavy atom. The lowest BCUT2D eigenvalue weighted by Gasteiger charge is -2.14. The molecule has 4 rings (SSSR count). The van der Waals surface area contributed by atoms with Crippen molar-refractivity contribution in [1.29, 1.82) is 0 Å². The number of carboxylic acids is 1. The third-order valence-electron chi connectivity index (χ3n) is 5.04. The quantitative estimate of drug-likeness (QED) is 0.393. The summed E-state index contributed by atoms with van der Waals surface area (Å²) in [5.74, 6) is -0.784. The number of carbonyl (C=O) groups is 3. The molecule has 0 atom stereocenters. The summed E-state index contributed by atoms with van der Waals surface area (Å²) in [6, 6.07) is 16.2. The van der Waals surface area contributed by atoms with Crippen LogP contribution < -0.4 is 10.6 Å². The zero-order valence-corrected chi connectivity index (χ0v) is 19.1. The van der Waals surface area contributed by atoms with Crippen LogP contribution >= 0.6 is 23.1 Å². The van der Waals surface area contributed by atoms with Gasteiger partial charge in [0.15, 0.2) is 5.13 Å². The molecule has 33 heavy (non-hydrogen) atoms. The molecule has 1 aliphatic rings. The maximum atomic E-state index is 12.4. The first kappa shape index (κ1) is 22.8. The summed E-state index contributed by atoms with van der Waals surface area (Å²) < 4.78 is 5.49. The van der Waals surface area contributed by atoms with Crippen LogP contribution in [0.25, 0.3) is 11.1 Å². The van der Waals surface area contributed by atoms with Crippen molar-refractivity contribution in [3.05, 3.63) is 70.7 Å². The van der Waals surface area contributed by atoms with E-state index >= 15 is 0 Å². The van der Waals surface area contributed by atoms with Crippen LogP contribution in [0.2, 0.25) is 0 Å². The molecule has 0 saturated carbocycles. The van der Waals surface area contributed by atoms with Gasteiger partial charge in [-0.1, -0.05) is 59.9 Å². The molecule has 0 fully saturated rings. The molecule has 1 aromatic heterocycles. The Bertz CT molecular complexity index is 1130. The molecule has 10 heteroatoms. The largest absolute Gasteiger partial charge is 0.481 e. The number of fused-ring (bicyclic) bond motifs is 3. The zero-order chi connectivity index (χ0) is 23.2. The van der Waals surface area contributed by atoms with Crippen LogP contribution in [0.4, 0.5) is 9.93 Å². The fraction of sp³-hybridized carbons (Fsp3) is 0.217. The molecule has 0 bridgehead atoms. The number of hydrogen-bond donors (Lipinski definition) is 3. The number of anilines is 1. The van der Waals surface area contributed by atoms with E-state index in [1.807, 2.05) is 36.4 Å². The number of rotatable bonds is 9. The summed E-state index contributed by atoms with van der Waals surface area (Å²) >= 11 is 2.26. The topological polar surface area (TPSA) is 118 Å². The van der Waals surface area contributed by atoms with Crippen molar-refractivity contribution in [1.82, 2.24) is 10.3 Å². The number of ether oxygens (including phenoxy) is 1. The van der Waals surface area contributed by atoms with E-state index in [2.05, 4.69) is 27.8 Å². The van der Waals surface area contributed by atoms with E-state index in [1.54, 1.807) is 0 Å². The predicted molar refractivity (Wildman–Crippen MR) is 128 cm³/mol. The number of thioether (sulfide) groups is 1. The van der Waals surface area contributed by atoms with Crippen molar-refractivity contribution in [2.24, 2.45) is 0 Å². The van der Waals surface area contributed by atoms with Gasteiger partial charge in [0, 0.05) is 18.2 Å².